The Morgan fingerprint density at radius 1 is 0.789 bits per heavy atom. The summed E-state index contributed by atoms with van der Waals surface area (Å²) in [7, 11) is 0. The summed E-state index contributed by atoms with van der Waals surface area (Å²) in [6.07, 6.45) is 0. The molecular weight excluding hydrogens is 236 g/mol. The number of nitrogens with two attached hydrogens (primary N) is 2. The van der Waals surface area contributed by atoms with Crippen molar-refractivity contribution >= 4 is 11.5 Å². The standard InChI is InChI=1S/C15H14N4/c16-13-14(11-7-3-1-4-8-11)18-19(15(13)17)12-9-5-2-6-10-12/h1-10H,16-17H2. The average Bonchev–Trinajstić information content (AvgIpc) is 2.77. The van der Waals surface area contributed by atoms with Gasteiger partial charge in [-0.05, 0) is 12.1 Å². The molecule has 1 heterocycles. The van der Waals surface area contributed by atoms with E-state index < -0.39 is 0 Å². The van der Waals surface area contributed by atoms with Crippen molar-refractivity contribution < 1.29 is 0 Å². The molecule has 0 atom stereocenters. The molecule has 0 radical (unpaired) electrons. The van der Waals surface area contributed by atoms with Crippen LogP contribution >= 0.6 is 0 Å². The summed E-state index contributed by atoms with van der Waals surface area (Å²) in [6.45, 7) is 0. The minimum Gasteiger partial charge on any atom is -0.394 e. The predicted octanol–water partition coefficient (Wildman–Crippen LogP) is 2.70. The summed E-state index contributed by atoms with van der Waals surface area (Å²) >= 11 is 0. The van der Waals surface area contributed by atoms with Crippen molar-refractivity contribution in [3.63, 3.8) is 0 Å². The number of para-hydroxylation sites is 1. The molecular formula is C15H14N4. The molecule has 1 aromatic heterocycles. The van der Waals surface area contributed by atoms with Gasteiger partial charge in [0.25, 0.3) is 0 Å². The number of nitrogens with zero attached hydrogens (tertiary/aromatic N) is 2. The van der Waals surface area contributed by atoms with E-state index in [1.54, 1.807) is 4.68 Å². The highest BCUT2D eigenvalue weighted by molar-refractivity contribution is 5.81. The molecule has 3 rings (SSSR count). The van der Waals surface area contributed by atoms with Crippen LogP contribution in [0.3, 0.4) is 0 Å². The molecule has 0 amide bonds. The Hall–Kier alpha value is -2.75. The van der Waals surface area contributed by atoms with Crippen molar-refractivity contribution in [1.29, 1.82) is 0 Å². The summed E-state index contributed by atoms with van der Waals surface area (Å²) < 4.78 is 1.66. The van der Waals surface area contributed by atoms with E-state index in [4.69, 9.17) is 11.5 Å². The number of rotatable bonds is 2. The third-order valence-electron chi connectivity index (χ3n) is 3.01. The second-order valence-corrected chi connectivity index (χ2v) is 4.26. The van der Waals surface area contributed by atoms with Gasteiger partial charge in [-0.25, -0.2) is 4.68 Å². The molecule has 0 aliphatic rings. The normalized spacial score (nSPS) is 10.5. The van der Waals surface area contributed by atoms with Gasteiger partial charge in [-0.1, -0.05) is 48.5 Å². The van der Waals surface area contributed by atoms with E-state index in [1.165, 1.54) is 0 Å². The first kappa shape index (κ1) is 11.3. The molecule has 2 aromatic carbocycles. The maximum atomic E-state index is 6.06. The maximum Gasteiger partial charge on any atom is 0.151 e. The minimum atomic E-state index is 0.463. The van der Waals surface area contributed by atoms with Crippen molar-refractivity contribution in [2.75, 3.05) is 11.5 Å². The Morgan fingerprint density at radius 2 is 1.37 bits per heavy atom. The van der Waals surface area contributed by atoms with Crippen molar-refractivity contribution in [3.8, 4) is 16.9 Å². The molecule has 4 nitrogen and oxygen atoms in total. The molecule has 4 N–H and O–H groups in total. The SMILES string of the molecule is Nc1c(-c2ccccc2)nn(-c2ccccc2)c1N. The number of benzene rings is 2. The lowest BCUT2D eigenvalue weighted by Crippen LogP contribution is -2.02. The summed E-state index contributed by atoms with van der Waals surface area (Å²) in [5.41, 5.74) is 15.2. The monoisotopic (exact) mass is 250 g/mol. The van der Waals surface area contributed by atoms with Gasteiger partial charge in [-0.15, -0.1) is 0 Å². The Kier molecular flexibility index (Phi) is 2.68. The van der Waals surface area contributed by atoms with E-state index in [9.17, 15) is 0 Å². The first-order valence-electron chi connectivity index (χ1n) is 6.02. The highest BCUT2D eigenvalue weighted by Gasteiger charge is 2.14. The van der Waals surface area contributed by atoms with Crippen LogP contribution in [0.2, 0.25) is 0 Å². The van der Waals surface area contributed by atoms with Gasteiger partial charge in [0, 0.05) is 5.56 Å². The van der Waals surface area contributed by atoms with Crippen LogP contribution in [0.4, 0.5) is 11.5 Å². The average molecular weight is 250 g/mol. The molecule has 0 aliphatic carbocycles. The Bertz CT molecular complexity index is 627. The van der Waals surface area contributed by atoms with E-state index >= 15 is 0 Å². The van der Waals surface area contributed by atoms with Gasteiger partial charge in [-0.3, -0.25) is 0 Å². The zero-order valence-corrected chi connectivity index (χ0v) is 10.3. The summed E-state index contributed by atoms with van der Waals surface area (Å²) in [5.74, 6) is 0.463. The minimum absolute atomic E-state index is 0.463. The largest absolute Gasteiger partial charge is 0.394 e. The van der Waals surface area contributed by atoms with Crippen LogP contribution in [-0.4, -0.2) is 9.78 Å². The van der Waals surface area contributed by atoms with E-state index in [2.05, 4.69) is 5.10 Å². The Balaban J connectivity index is 2.16. The number of nitrogen functional groups attached to an aromatic ring is 2. The van der Waals surface area contributed by atoms with E-state index in [0.717, 1.165) is 11.3 Å². The number of hydrogen-bond acceptors (Lipinski definition) is 3. The zero-order chi connectivity index (χ0) is 13.2. The number of hydrogen-bond donors (Lipinski definition) is 2. The lowest BCUT2D eigenvalue weighted by atomic mass is 10.1. The lowest BCUT2D eigenvalue weighted by Gasteiger charge is -2.02. The Morgan fingerprint density at radius 3 is 2.00 bits per heavy atom. The maximum absolute atomic E-state index is 6.06. The van der Waals surface area contributed by atoms with Gasteiger partial charge in [0.05, 0.1) is 5.69 Å². The molecule has 0 saturated heterocycles. The molecule has 0 saturated carbocycles. The van der Waals surface area contributed by atoms with Crippen molar-refractivity contribution in [3.05, 3.63) is 60.7 Å². The fraction of sp³-hybridized carbons (Fsp3) is 0. The van der Waals surface area contributed by atoms with Crippen LogP contribution in [0.1, 0.15) is 0 Å². The van der Waals surface area contributed by atoms with Gasteiger partial charge in [0.2, 0.25) is 0 Å². The number of anilines is 2. The summed E-state index contributed by atoms with van der Waals surface area (Å²) in [5, 5.41) is 4.52. The van der Waals surface area contributed by atoms with E-state index in [-0.39, 0.29) is 0 Å². The molecule has 3 aromatic rings. The van der Waals surface area contributed by atoms with Crippen LogP contribution in [0.25, 0.3) is 16.9 Å². The molecule has 0 unspecified atom stereocenters. The summed E-state index contributed by atoms with van der Waals surface area (Å²) in [4.78, 5) is 0. The van der Waals surface area contributed by atoms with Gasteiger partial charge in [-0.2, -0.15) is 5.10 Å². The van der Waals surface area contributed by atoms with Crippen LogP contribution < -0.4 is 11.5 Å². The Labute approximate surface area is 111 Å². The molecule has 19 heavy (non-hydrogen) atoms. The van der Waals surface area contributed by atoms with Crippen LogP contribution in [0.15, 0.2) is 60.7 Å². The first-order chi connectivity index (χ1) is 9.27. The van der Waals surface area contributed by atoms with Crippen LogP contribution in [0.5, 0.6) is 0 Å². The van der Waals surface area contributed by atoms with Gasteiger partial charge < -0.3 is 11.5 Å². The lowest BCUT2D eigenvalue weighted by molar-refractivity contribution is 0.895. The molecule has 0 spiro atoms. The molecule has 0 fully saturated rings. The number of aromatic nitrogens is 2. The van der Waals surface area contributed by atoms with Gasteiger partial charge >= 0.3 is 0 Å². The second kappa shape index (κ2) is 4.49. The molecule has 94 valence electrons. The smallest absolute Gasteiger partial charge is 0.151 e. The van der Waals surface area contributed by atoms with Crippen molar-refractivity contribution in [2.45, 2.75) is 0 Å². The zero-order valence-electron chi connectivity index (χ0n) is 10.3. The second-order valence-electron chi connectivity index (χ2n) is 4.26. The predicted molar refractivity (Wildman–Crippen MR) is 77.8 cm³/mol. The third kappa shape index (κ3) is 1.93. The van der Waals surface area contributed by atoms with Gasteiger partial charge in [0.1, 0.15) is 11.4 Å². The first-order valence-corrected chi connectivity index (χ1v) is 6.02. The quantitative estimate of drug-likeness (QED) is 0.734. The van der Waals surface area contributed by atoms with Crippen molar-refractivity contribution in [1.82, 2.24) is 9.78 Å². The molecule has 0 bridgehead atoms. The molecule has 0 aliphatic heterocycles. The van der Waals surface area contributed by atoms with Crippen molar-refractivity contribution in [2.24, 2.45) is 0 Å². The van der Waals surface area contributed by atoms with E-state index in [0.29, 0.717) is 17.2 Å². The fourth-order valence-electron chi connectivity index (χ4n) is 2.02. The van der Waals surface area contributed by atoms with Crippen LogP contribution in [0, 0.1) is 0 Å². The third-order valence-corrected chi connectivity index (χ3v) is 3.01. The topological polar surface area (TPSA) is 69.9 Å². The highest BCUT2D eigenvalue weighted by atomic mass is 15.3. The molecule has 4 heteroatoms. The van der Waals surface area contributed by atoms with Crippen LogP contribution in [-0.2, 0) is 0 Å². The summed E-state index contributed by atoms with van der Waals surface area (Å²) in [6, 6.07) is 19.5. The fourth-order valence-corrected chi connectivity index (χ4v) is 2.02. The highest BCUT2D eigenvalue weighted by Crippen LogP contribution is 2.30. The van der Waals surface area contributed by atoms with Gasteiger partial charge in [0.15, 0.2) is 5.82 Å². The van der Waals surface area contributed by atoms with E-state index in [1.807, 2.05) is 60.7 Å².